The Bertz CT molecular complexity index is 139. The molecule has 0 aliphatic rings. The molecule has 0 aliphatic carbocycles. The highest BCUT2D eigenvalue weighted by atomic mass is 32.2. The average molecular weight is 230 g/mol. The Morgan fingerprint density at radius 1 is 1.21 bits per heavy atom. The van der Waals surface area contributed by atoms with Crippen LogP contribution in [0.2, 0.25) is 0 Å². The van der Waals surface area contributed by atoms with E-state index in [1.54, 1.807) is 0 Å². The van der Waals surface area contributed by atoms with E-state index in [9.17, 15) is 18.3 Å². The molecule has 0 bridgehead atoms. The van der Waals surface area contributed by atoms with Crippen molar-refractivity contribution in [2.75, 3.05) is 5.75 Å². The first kappa shape index (κ1) is 14.1. The number of rotatable bonds is 7. The van der Waals surface area contributed by atoms with Gasteiger partial charge in [-0.3, -0.25) is 0 Å². The van der Waals surface area contributed by atoms with Crippen molar-refractivity contribution < 1.29 is 18.3 Å². The first-order valence-electron chi connectivity index (χ1n) is 4.84. The van der Waals surface area contributed by atoms with Crippen LogP contribution in [0.3, 0.4) is 0 Å². The molecule has 1 N–H and O–H groups in total. The molecule has 1 unspecified atom stereocenters. The Morgan fingerprint density at radius 2 is 1.86 bits per heavy atom. The normalized spacial score (nSPS) is 14.4. The number of aliphatic hydroxyl groups excluding tert-OH is 1. The summed E-state index contributed by atoms with van der Waals surface area (Å²) in [4.78, 5) is 0. The van der Waals surface area contributed by atoms with E-state index in [4.69, 9.17) is 0 Å². The maximum Gasteiger partial charge on any atom is 0.441 e. The van der Waals surface area contributed by atoms with Gasteiger partial charge in [-0.25, -0.2) is 0 Å². The molecule has 0 saturated carbocycles. The maximum absolute atomic E-state index is 11.7. The number of aliphatic hydroxyl groups is 1. The molecule has 0 saturated heterocycles. The summed E-state index contributed by atoms with van der Waals surface area (Å²) < 4.78 is 35.0. The lowest BCUT2D eigenvalue weighted by atomic mass is 10.1. The molecule has 0 aliphatic heterocycles. The van der Waals surface area contributed by atoms with Crippen molar-refractivity contribution in [3.05, 3.63) is 0 Å². The highest BCUT2D eigenvalue weighted by molar-refractivity contribution is 8.00. The Hall–Kier alpha value is 0.100. The van der Waals surface area contributed by atoms with Crippen LogP contribution in [0.1, 0.15) is 39.0 Å². The number of hydrogen-bond acceptors (Lipinski definition) is 2. The van der Waals surface area contributed by atoms with Crippen LogP contribution in [0.4, 0.5) is 13.2 Å². The van der Waals surface area contributed by atoms with Gasteiger partial charge in [0.2, 0.25) is 0 Å². The summed E-state index contributed by atoms with van der Waals surface area (Å²) in [7, 11) is 0. The van der Waals surface area contributed by atoms with Crippen molar-refractivity contribution in [2.45, 2.75) is 50.6 Å². The summed E-state index contributed by atoms with van der Waals surface area (Å²) in [6.45, 7) is 1.97. The smallest absolute Gasteiger partial charge is 0.393 e. The van der Waals surface area contributed by atoms with Crippen molar-refractivity contribution in [3.63, 3.8) is 0 Å². The standard InChI is InChI=1S/C9H17F3OS/c1-2-5-8(13)6-3-4-7-14-9(10,11)12/h8,13H,2-7H2,1H3. The lowest BCUT2D eigenvalue weighted by Gasteiger charge is -2.09. The van der Waals surface area contributed by atoms with Crippen LogP contribution in [0.25, 0.3) is 0 Å². The lowest BCUT2D eigenvalue weighted by molar-refractivity contribution is -0.0328. The summed E-state index contributed by atoms with van der Waals surface area (Å²) in [5.74, 6) is 0.0995. The average Bonchev–Trinajstić information content (AvgIpc) is 2.02. The van der Waals surface area contributed by atoms with Crippen LogP contribution in [-0.2, 0) is 0 Å². The Kier molecular flexibility index (Phi) is 7.45. The Labute approximate surface area is 87.1 Å². The van der Waals surface area contributed by atoms with Crippen LogP contribution in [-0.4, -0.2) is 22.5 Å². The molecular formula is C9H17F3OS. The summed E-state index contributed by atoms with van der Waals surface area (Å²) >= 11 is 0.0170. The first-order chi connectivity index (χ1) is 6.45. The molecule has 0 fully saturated rings. The van der Waals surface area contributed by atoms with E-state index < -0.39 is 5.51 Å². The number of thioether (sulfide) groups is 1. The molecular weight excluding hydrogens is 213 g/mol. The van der Waals surface area contributed by atoms with Gasteiger partial charge in [-0.1, -0.05) is 31.5 Å². The van der Waals surface area contributed by atoms with Crippen LogP contribution >= 0.6 is 11.8 Å². The van der Waals surface area contributed by atoms with Crippen LogP contribution in [0, 0.1) is 0 Å². The van der Waals surface area contributed by atoms with Gasteiger partial charge in [0.25, 0.3) is 0 Å². The zero-order valence-corrected chi connectivity index (χ0v) is 9.13. The highest BCUT2D eigenvalue weighted by Gasteiger charge is 2.27. The molecule has 0 spiro atoms. The summed E-state index contributed by atoms with van der Waals surface area (Å²) in [6, 6.07) is 0. The van der Waals surface area contributed by atoms with Gasteiger partial charge in [0.1, 0.15) is 0 Å². The van der Waals surface area contributed by atoms with E-state index in [2.05, 4.69) is 0 Å². The number of halogens is 3. The van der Waals surface area contributed by atoms with Gasteiger partial charge in [0.15, 0.2) is 0 Å². The van der Waals surface area contributed by atoms with Crippen LogP contribution < -0.4 is 0 Å². The largest absolute Gasteiger partial charge is 0.441 e. The van der Waals surface area contributed by atoms with E-state index in [1.165, 1.54) is 0 Å². The molecule has 1 nitrogen and oxygen atoms in total. The third-order valence-electron chi connectivity index (χ3n) is 1.82. The first-order valence-corrected chi connectivity index (χ1v) is 5.83. The minimum atomic E-state index is -4.11. The second-order valence-corrected chi connectivity index (χ2v) is 4.39. The van der Waals surface area contributed by atoms with Gasteiger partial charge < -0.3 is 5.11 Å². The second kappa shape index (κ2) is 7.40. The molecule has 5 heteroatoms. The number of unbranched alkanes of at least 4 members (excludes halogenated alkanes) is 1. The monoisotopic (exact) mass is 230 g/mol. The molecule has 0 aromatic heterocycles. The van der Waals surface area contributed by atoms with Gasteiger partial charge in [0, 0.05) is 5.75 Å². The molecule has 0 heterocycles. The van der Waals surface area contributed by atoms with Gasteiger partial charge in [-0.05, 0) is 19.3 Å². The van der Waals surface area contributed by atoms with Crippen LogP contribution in [0.5, 0.6) is 0 Å². The molecule has 0 radical (unpaired) electrons. The van der Waals surface area contributed by atoms with Crippen molar-refractivity contribution in [1.82, 2.24) is 0 Å². The number of alkyl halides is 3. The second-order valence-electron chi connectivity index (χ2n) is 3.23. The molecule has 0 rings (SSSR count). The highest BCUT2D eigenvalue weighted by Crippen LogP contribution is 2.30. The molecule has 86 valence electrons. The Morgan fingerprint density at radius 3 is 2.36 bits per heavy atom. The summed E-state index contributed by atoms with van der Waals surface area (Å²) in [5, 5.41) is 9.28. The van der Waals surface area contributed by atoms with Crippen molar-refractivity contribution >= 4 is 11.8 Å². The van der Waals surface area contributed by atoms with E-state index in [0.29, 0.717) is 19.3 Å². The van der Waals surface area contributed by atoms with Crippen molar-refractivity contribution in [1.29, 1.82) is 0 Å². The number of hydrogen-bond donors (Lipinski definition) is 1. The summed E-state index contributed by atoms with van der Waals surface area (Å²) in [5.41, 5.74) is -4.11. The molecule has 0 amide bonds. The fraction of sp³-hybridized carbons (Fsp3) is 1.00. The van der Waals surface area contributed by atoms with Gasteiger partial charge in [0.05, 0.1) is 6.10 Å². The zero-order chi connectivity index (χ0) is 11.0. The maximum atomic E-state index is 11.7. The quantitative estimate of drug-likeness (QED) is 0.675. The van der Waals surface area contributed by atoms with Crippen LogP contribution in [0.15, 0.2) is 0 Å². The van der Waals surface area contributed by atoms with Gasteiger partial charge >= 0.3 is 5.51 Å². The minimum absolute atomic E-state index is 0.0170. The molecule has 0 aromatic carbocycles. The van der Waals surface area contributed by atoms with E-state index in [-0.39, 0.29) is 23.6 Å². The SMILES string of the molecule is CCCC(O)CCCCSC(F)(F)F. The fourth-order valence-corrected chi connectivity index (χ4v) is 1.73. The predicted octanol–water partition coefficient (Wildman–Crippen LogP) is 3.57. The predicted molar refractivity (Wildman–Crippen MR) is 53.3 cm³/mol. The van der Waals surface area contributed by atoms with E-state index in [0.717, 1.165) is 12.8 Å². The molecule has 14 heavy (non-hydrogen) atoms. The minimum Gasteiger partial charge on any atom is -0.393 e. The molecule has 0 aromatic rings. The fourth-order valence-electron chi connectivity index (χ4n) is 1.15. The summed E-state index contributed by atoms with van der Waals surface area (Å²) in [6.07, 6.45) is 3.13. The third kappa shape index (κ3) is 10.2. The van der Waals surface area contributed by atoms with Gasteiger partial charge in [-0.15, -0.1) is 0 Å². The van der Waals surface area contributed by atoms with Crippen molar-refractivity contribution in [2.24, 2.45) is 0 Å². The molecule has 1 atom stereocenters. The van der Waals surface area contributed by atoms with Crippen molar-refractivity contribution in [3.8, 4) is 0 Å². The van der Waals surface area contributed by atoms with E-state index >= 15 is 0 Å². The lowest BCUT2D eigenvalue weighted by Crippen LogP contribution is -2.06. The Balaban J connectivity index is 3.21. The zero-order valence-electron chi connectivity index (χ0n) is 8.31. The van der Waals surface area contributed by atoms with Gasteiger partial charge in [-0.2, -0.15) is 13.2 Å². The third-order valence-corrected chi connectivity index (χ3v) is 2.64. The van der Waals surface area contributed by atoms with E-state index in [1.807, 2.05) is 6.92 Å². The topological polar surface area (TPSA) is 20.2 Å².